The average Bonchev–Trinajstić information content (AvgIpc) is 2.30. The van der Waals surface area contributed by atoms with Crippen LogP contribution < -0.4 is 0 Å². The van der Waals surface area contributed by atoms with Crippen molar-refractivity contribution in [1.82, 2.24) is 0 Å². The zero-order valence-corrected chi connectivity index (χ0v) is 9.20. The Hall–Kier alpha value is -1.02. The number of ether oxygens (including phenoxy) is 1. The minimum atomic E-state index is -0.246. The third kappa shape index (κ3) is 1.86. The van der Waals surface area contributed by atoms with Gasteiger partial charge in [0.05, 0.1) is 5.60 Å². The first kappa shape index (κ1) is 10.5. The number of hydrogen-bond acceptors (Lipinski definition) is 2. The minimum Gasteiger partial charge on any atom is -0.508 e. The largest absolute Gasteiger partial charge is 0.508 e. The molecule has 0 radical (unpaired) electrons. The first-order valence-corrected chi connectivity index (χ1v) is 5.62. The molecule has 0 aromatic heterocycles. The molecular weight excluding hydrogens is 188 g/mol. The lowest BCUT2D eigenvalue weighted by molar-refractivity contribution is -0.0459. The normalized spacial score (nSPS) is 20.1. The van der Waals surface area contributed by atoms with Gasteiger partial charge in [-0.05, 0) is 18.9 Å². The van der Waals surface area contributed by atoms with Gasteiger partial charge in [-0.1, -0.05) is 37.5 Å². The molecule has 1 aliphatic rings. The van der Waals surface area contributed by atoms with Gasteiger partial charge in [-0.2, -0.15) is 0 Å². The van der Waals surface area contributed by atoms with Crippen molar-refractivity contribution in [2.75, 3.05) is 7.11 Å². The van der Waals surface area contributed by atoms with Gasteiger partial charge in [0.1, 0.15) is 5.75 Å². The van der Waals surface area contributed by atoms with Crippen LogP contribution in [-0.4, -0.2) is 12.2 Å². The summed E-state index contributed by atoms with van der Waals surface area (Å²) in [5.41, 5.74) is 0.705. The van der Waals surface area contributed by atoms with Crippen molar-refractivity contribution in [2.45, 2.75) is 37.7 Å². The third-order valence-corrected chi connectivity index (χ3v) is 3.45. The maximum atomic E-state index is 9.88. The lowest BCUT2D eigenvalue weighted by atomic mass is 9.79. The zero-order chi connectivity index (χ0) is 10.7. The van der Waals surface area contributed by atoms with E-state index < -0.39 is 0 Å². The van der Waals surface area contributed by atoms with E-state index in [1.54, 1.807) is 13.2 Å². The summed E-state index contributed by atoms with van der Waals surface area (Å²) in [4.78, 5) is 0. The van der Waals surface area contributed by atoms with Crippen LogP contribution in [0.1, 0.15) is 37.7 Å². The van der Waals surface area contributed by atoms with Crippen molar-refractivity contribution in [3.63, 3.8) is 0 Å². The van der Waals surface area contributed by atoms with Crippen LogP contribution in [0.15, 0.2) is 24.3 Å². The molecule has 0 saturated heterocycles. The molecule has 1 aliphatic carbocycles. The van der Waals surface area contributed by atoms with E-state index in [-0.39, 0.29) is 5.60 Å². The average molecular weight is 206 g/mol. The SMILES string of the molecule is COC1(c2ccccc2O)CCCCC1. The number of hydrogen-bond donors (Lipinski definition) is 1. The summed E-state index contributed by atoms with van der Waals surface area (Å²) in [6.45, 7) is 0. The highest BCUT2D eigenvalue weighted by Gasteiger charge is 2.35. The maximum absolute atomic E-state index is 9.88. The second-order valence-corrected chi connectivity index (χ2v) is 4.28. The second kappa shape index (κ2) is 4.23. The summed E-state index contributed by atoms with van der Waals surface area (Å²) >= 11 is 0. The van der Waals surface area contributed by atoms with Crippen molar-refractivity contribution in [1.29, 1.82) is 0 Å². The fourth-order valence-corrected chi connectivity index (χ4v) is 2.57. The van der Waals surface area contributed by atoms with Gasteiger partial charge >= 0.3 is 0 Å². The lowest BCUT2D eigenvalue weighted by Gasteiger charge is -2.36. The number of rotatable bonds is 2. The number of methoxy groups -OCH3 is 1. The van der Waals surface area contributed by atoms with Crippen molar-refractivity contribution in [3.05, 3.63) is 29.8 Å². The Morgan fingerprint density at radius 1 is 1.13 bits per heavy atom. The van der Waals surface area contributed by atoms with Gasteiger partial charge in [0.15, 0.2) is 0 Å². The molecule has 0 amide bonds. The molecule has 1 aromatic carbocycles. The van der Waals surface area contributed by atoms with Crippen LogP contribution in [0.5, 0.6) is 5.75 Å². The Labute approximate surface area is 90.9 Å². The molecule has 0 bridgehead atoms. The van der Waals surface area contributed by atoms with Crippen LogP contribution in [0.25, 0.3) is 0 Å². The molecule has 0 unspecified atom stereocenters. The van der Waals surface area contributed by atoms with Gasteiger partial charge in [0, 0.05) is 12.7 Å². The van der Waals surface area contributed by atoms with Crippen LogP contribution in [0.2, 0.25) is 0 Å². The predicted molar refractivity (Wildman–Crippen MR) is 59.9 cm³/mol. The van der Waals surface area contributed by atoms with Crippen LogP contribution >= 0.6 is 0 Å². The number of aromatic hydroxyl groups is 1. The summed E-state index contributed by atoms with van der Waals surface area (Å²) in [5.74, 6) is 0.362. The smallest absolute Gasteiger partial charge is 0.121 e. The van der Waals surface area contributed by atoms with E-state index in [4.69, 9.17) is 4.74 Å². The molecular formula is C13H18O2. The molecule has 2 nitrogen and oxygen atoms in total. The highest BCUT2D eigenvalue weighted by Crippen LogP contribution is 2.43. The molecule has 1 N–H and O–H groups in total. The highest BCUT2D eigenvalue weighted by atomic mass is 16.5. The van der Waals surface area contributed by atoms with Gasteiger partial charge in [-0.3, -0.25) is 0 Å². The molecule has 15 heavy (non-hydrogen) atoms. The topological polar surface area (TPSA) is 29.5 Å². The van der Waals surface area contributed by atoms with Crippen LogP contribution in [0.3, 0.4) is 0 Å². The van der Waals surface area contributed by atoms with Crippen molar-refractivity contribution in [3.8, 4) is 5.75 Å². The molecule has 0 aliphatic heterocycles. The quantitative estimate of drug-likeness (QED) is 0.805. The van der Waals surface area contributed by atoms with E-state index >= 15 is 0 Å². The standard InChI is InChI=1S/C13H18O2/c1-15-13(9-5-2-6-10-13)11-7-3-4-8-12(11)14/h3-4,7-8,14H,2,5-6,9-10H2,1H3. The minimum absolute atomic E-state index is 0.246. The fraction of sp³-hybridized carbons (Fsp3) is 0.538. The molecule has 0 spiro atoms. The Kier molecular flexibility index (Phi) is 2.96. The number of phenols is 1. The molecule has 1 aromatic rings. The Morgan fingerprint density at radius 3 is 2.40 bits per heavy atom. The van der Waals surface area contributed by atoms with E-state index in [2.05, 4.69) is 0 Å². The Bertz CT molecular complexity index is 327. The van der Waals surface area contributed by atoms with Crippen molar-refractivity contribution < 1.29 is 9.84 Å². The number of benzene rings is 1. The third-order valence-electron chi connectivity index (χ3n) is 3.45. The van der Waals surface area contributed by atoms with Crippen molar-refractivity contribution >= 4 is 0 Å². The Balaban J connectivity index is 2.36. The molecule has 2 heteroatoms. The van der Waals surface area contributed by atoms with E-state index in [9.17, 15) is 5.11 Å². The molecule has 0 heterocycles. The Morgan fingerprint density at radius 2 is 1.80 bits per heavy atom. The van der Waals surface area contributed by atoms with Crippen LogP contribution in [0.4, 0.5) is 0 Å². The molecule has 1 fully saturated rings. The molecule has 82 valence electrons. The number of para-hydroxylation sites is 1. The first-order valence-electron chi connectivity index (χ1n) is 5.62. The van der Waals surface area contributed by atoms with E-state index in [1.807, 2.05) is 18.2 Å². The van der Waals surface area contributed by atoms with Gasteiger partial charge in [0.2, 0.25) is 0 Å². The van der Waals surface area contributed by atoms with Crippen LogP contribution in [0, 0.1) is 0 Å². The summed E-state index contributed by atoms with van der Waals surface area (Å²) in [7, 11) is 1.75. The monoisotopic (exact) mass is 206 g/mol. The predicted octanol–water partition coefficient (Wildman–Crippen LogP) is 3.20. The highest BCUT2D eigenvalue weighted by molar-refractivity contribution is 5.37. The van der Waals surface area contributed by atoms with Gasteiger partial charge in [0.25, 0.3) is 0 Å². The van der Waals surface area contributed by atoms with Gasteiger partial charge in [-0.25, -0.2) is 0 Å². The van der Waals surface area contributed by atoms with E-state index in [0.717, 1.165) is 18.4 Å². The number of phenolic OH excluding ortho intramolecular Hbond substituents is 1. The lowest BCUT2D eigenvalue weighted by Crippen LogP contribution is -2.31. The summed E-state index contributed by atoms with van der Waals surface area (Å²) < 4.78 is 5.69. The van der Waals surface area contributed by atoms with Crippen LogP contribution in [-0.2, 0) is 10.3 Å². The summed E-state index contributed by atoms with van der Waals surface area (Å²) in [5, 5.41) is 9.88. The van der Waals surface area contributed by atoms with Gasteiger partial charge < -0.3 is 9.84 Å². The zero-order valence-electron chi connectivity index (χ0n) is 9.20. The summed E-state index contributed by atoms with van der Waals surface area (Å²) in [6, 6.07) is 7.53. The van der Waals surface area contributed by atoms with E-state index in [1.165, 1.54) is 19.3 Å². The molecule has 1 saturated carbocycles. The molecule has 2 rings (SSSR count). The molecule has 0 atom stereocenters. The van der Waals surface area contributed by atoms with E-state index in [0.29, 0.717) is 5.75 Å². The van der Waals surface area contributed by atoms with Crippen molar-refractivity contribution in [2.24, 2.45) is 0 Å². The summed E-state index contributed by atoms with van der Waals surface area (Å²) in [6.07, 6.45) is 5.67. The first-order chi connectivity index (χ1) is 7.28. The maximum Gasteiger partial charge on any atom is 0.121 e. The fourth-order valence-electron chi connectivity index (χ4n) is 2.57. The second-order valence-electron chi connectivity index (χ2n) is 4.28. The van der Waals surface area contributed by atoms with Gasteiger partial charge in [-0.15, -0.1) is 0 Å².